The molecular formula is C12H16N2O2. The summed E-state index contributed by atoms with van der Waals surface area (Å²) >= 11 is 0. The van der Waals surface area contributed by atoms with Crippen LogP contribution in [0.15, 0.2) is 27.4 Å². The summed E-state index contributed by atoms with van der Waals surface area (Å²) in [6.45, 7) is 0.756. The summed E-state index contributed by atoms with van der Waals surface area (Å²) in [4.78, 5) is 13.6. The van der Waals surface area contributed by atoms with Crippen LogP contribution in [0.4, 0.5) is 0 Å². The molecule has 0 aliphatic heterocycles. The lowest BCUT2D eigenvalue weighted by Gasteiger charge is -2.00. The van der Waals surface area contributed by atoms with Gasteiger partial charge in [0.25, 0.3) is 0 Å². The highest BCUT2D eigenvalue weighted by atomic mass is 16.4. The molecule has 0 saturated heterocycles. The van der Waals surface area contributed by atoms with Crippen molar-refractivity contribution in [2.45, 2.75) is 25.7 Å². The Balaban J connectivity index is 2.04. The molecule has 3 N–H and O–H groups in total. The van der Waals surface area contributed by atoms with E-state index < -0.39 is 5.76 Å². The Hall–Kier alpha value is -1.55. The van der Waals surface area contributed by atoms with Gasteiger partial charge in [-0.1, -0.05) is 12.5 Å². The van der Waals surface area contributed by atoms with E-state index in [2.05, 4.69) is 4.98 Å². The van der Waals surface area contributed by atoms with E-state index in [0.29, 0.717) is 5.58 Å². The van der Waals surface area contributed by atoms with Crippen molar-refractivity contribution in [3.63, 3.8) is 0 Å². The van der Waals surface area contributed by atoms with Crippen LogP contribution in [0.25, 0.3) is 11.1 Å². The number of rotatable bonds is 5. The third-order valence-corrected chi connectivity index (χ3v) is 2.65. The molecule has 4 nitrogen and oxygen atoms in total. The number of hydrogen-bond donors (Lipinski definition) is 2. The van der Waals surface area contributed by atoms with Crippen molar-refractivity contribution in [3.8, 4) is 0 Å². The Morgan fingerprint density at radius 2 is 2.12 bits per heavy atom. The molecule has 0 aliphatic rings. The molecule has 2 rings (SSSR count). The molecule has 0 unspecified atom stereocenters. The fourth-order valence-electron chi connectivity index (χ4n) is 1.80. The second-order valence-corrected chi connectivity index (χ2v) is 3.94. The molecule has 1 aromatic heterocycles. The summed E-state index contributed by atoms with van der Waals surface area (Å²) in [7, 11) is 0. The first-order valence-corrected chi connectivity index (χ1v) is 5.61. The van der Waals surface area contributed by atoms with Gasteiger partial charge in [0, 0.05) is 0 Å². The predicted octanol–water partition coefficient (Wildman–Crippen LogP) is 1.79. The maximum Gasteiger partial charge on any atom is 0.417 e. The largest absolute Gasteiger partial charge is 0.417 e. The highest BCUT2D eigenvalue weighted by Gasteiger charge is 2.01. The van der Waals surface area contributed by atoms with Crippen LogP contribution in [0.2, 0.25) is 0 Å². The number of nitrogens with one attached hydrogen (secondary N) is 1. The van der Waals surface area contributed by atoms with Gasteiger partial charge >= 0.3 is 5.76 Å². The average molecular weight is 220 g/mol. The third kappa shape index (κ3) is 2.52. The maximum absolute atomic E-state index is 11.0. The molecule has 0 fully saturated rings. The summed E-state index contributed by atoms with van der Waals surface area (Å²) in [5.74, 6) is -0.393. The van der Waals surface area contributed by atoms with Gasteiger partial charge in [0.05, 0.1) is 5.52 Å². The molecule has 0 aliphatic carbocycles. The summed E-state index contributed by atoms with van der Waals surface area (Å²) in [6, 6.07) is 5.84. The van der Waals surface area contributed by atoms with E-state index in [1.54, 1.807) is 0 Å². The fourth-order valence-corrected chi connectivity index (χ4v) is 1.80. The van der Waals surface area contributed by atoms with Gasteiger partial charge in [-0.15, -0.1) is 0 Å². The summed E-state index contributed by atoms with van der Waals surface area (Å²) in [5.41, 5.74) is 8.03. The monoisotopic (exact) mass is 220 g/mol. The van der Waals surface area contributed by atoms with Crippen molar-refractivity contribution in [1.29, 1.82) is 0 Å². The van der Waals surface area contributed by atoms with Gasteiger partial charge in [-0.05, 0) is 43.5 Å². The molecule has 0 radical (unpaired) electrons. The normalized spacial score (nSPS) is 11.1. The third-order valence-electron chi connectivity index (χ3n) is 2.65. The molecule has 0 amide bonds. The van der Waals surface area contributed by atoms with E-state index in [4.69, 9.17) is 10.2 Å². The van der Waals surface area contributed by atoms with Crippen LogP contribution in [0.5, 0.6) is 0 Å². The number of fused-ring (bicyclic) bond motifs is 1. The van der Waals surface area contributed by atoms with Gasteiger partial charge in [-0.3, -0.25) is 4.98 Å². The number of oxazole rings is 1. The lowest BCUT2D eigenvalue weighted by Crippen LogP contribution is -1.98. The van der Waals surface area contributed by atoms with Crippen molar-refractivity contribution in [2.75, 3.05) is 6.54 Å². The molecule has 1 aromatic carbocycles. The second kappa shape index (κ2) is 4.99. The zero-order valence-corrected chi connectivity index (χ0v) is 9.16. The molecule has 4 heteroatoms. The highest BCUT2D eigenvalue weighted by Crippen LogP contribution is 2.14. The number of aryl methyl sites for hydroxylation is 1. The number of aromatic nitrogens is 1. The van der Waals surface area contributed by atoms with E-state index in [0.717, 1.165) is 37.7 Å². The number of aromatic amines is 1. The Bertz CT molecular complexity index is 513. The molecule has 86 valence electrons. The molecule has 0 atom stereocenters. The Labute approximate surface area is 93.5 Å². The molecule has 16 heavy (non-hydrogen) atoms. The molecule has 0 saturated carbocycles. The lowest BCUT2D eigenvalue weighted by molar-refractivity contribution is 0.555. The van der Waals surface area contributed by atoms with Crippen LogP contribution in [-0.4, -0.2) is 11.5 Å². The van der Waals surface area contributed by atoms with Gasteiger partial charge in [-0.2, -0.15) is 0 Å². The van der Waals surface area contributed by atoms with Crippen molar-refractivity contribution in [3.05, 3.63) is 34.3 Å². The number of nitrogens with two attached hydrogens (primary N) is 1. The van der Waals surface area contributed by atoms with Crippen LogP contribution >= 0.6 is 0 Å². The molecular weight excluding hydrogens is 204 g/mol. The summed E-state index contributed by atoms with van der Waals surface area (Å²) in [5, 5.41) is 0. The number of benzene rings is 1. The quantitative estimate of drug-likeness (QED) is 0.754. The standard InChI is InChI=1S/C12H16N2O2/c13-7-3-1-2-4-9-5-6-10-11(8-9)16-12(15)14-10/h5-6,8H,1-4,7,13H2,(H,14,15). The number of unbranched alkanes of at least 4 members (excludes halogenated alkanes) is 2. The SMILES string of the molecule is NCCCCCc1ccc2[nH]c(=O)oc2c1. The number of H-pyrrole nitrogens is 1. The van der Waals surface area contributed by atoms with E-state index in [1.807, 2.05) is 18.2 Å². The Kier molecular flexibility index (Phi) is 3.41. The van der Waals surface area contributed by atoms with Gasteiger partial charge < -0.3 is 10.2 Å². The lowest BCUT2D eigenvalue weighted by atomic mass is 10.1. The minimum Gasteiger partial charge on any atom is -0.408 e. The van der Waals surface area contributed by atoms with E-state index >= 15 is 0 Å². The summed E-state index contributed by atoms with van der Waals surface area (Å²) in [6.07, 6.45) is 4.34. The van der Waals surface area contributed by atoms with Crippen molar-refractivity contribution in [1.82, 2.24) is 4.98 Å². The molecule has 2 aromatic rings. The Morgan fingerprint density at radius 1 is 1.25 bits per heavy atom. The Morgan fingerprint density at radius 3 is 2.94 bits per heavy atom. The average Bonchev–Trinajstić information content (AvgIpc) is 2.64. The van der Waals surface area contributed by atoms with Gasteiger partial charge in [0.15, 0.2) is 5.58 Å². The van der Waals surface area contributed by atoms with Crippen LogP contribution in [0, 0.1) is 0 Å². The van der Waals surface area contributed by atoms with Gasteiger partial charge in [0.1, 0.15) is 0 Å². The van der Waals surface area contributed by atoms with Crippen LogP contribution in [0.3, 0.4) is 0 Å². The smallest absolute Gasteiger partial charge is 0.408 e. The summed E-state index contributed by atoms with van der Waals surface area (Å²) < 4.78 is 5.00. The topological polar surface area (TPSA) is 72.0 Å². The zero-order valence-electron chi connectivity index (χ0n) is 9.16. The first-order chi connectivity index (χ1) is 7.79. The van der Waals surface area contributed by atoms with Gasteiger partial charge in [0.2, 0.25) is 0 Å². The van der Waals surface area contributed by atoms with E-state index in [-0.39, 0.29) is 0 Å². The minimum absolute atomic E-state index is 0.393. The first kappa shape index (κ1) is 11.0. The van der Waals surface area contributed by atoms with Crippen LogP contribution < -0.4 is 11.5 Å². The second-order valence-electron chi connectivity index (χ2n) is 3.94. The molecule has 1 heterocycles. The van der Waals surface area contributed by atoms with Gasteiger partial charge in [-0.25, -0.2) is 4.79 Å². The molecule has 0 bridgehead atoms. The van der Waals surface area contributed by atoms with Crippen molar-refractivity contribution < 1.29 is 4.42 Å². The van der Waals surface area contributed by atoms with Crippen molar-refractivity contribution >= 4 is 11.1 Å². The number of hydrogen-bond acceptors (Lipinski definition) is 3. The van der Waals surface area contributed by atoms with Crippen LogP contribution in [-0.2, 0) is 6.42 Å². The van der Waals surface area contributed by atoms with E-state index in [9.17, 15) is 4.79 Å². The highest BCUT2D eigenvalue weighted by molar-refractivity contribution is 5.72. The fraction of sp³-hybridized carbons (Fsp3) is 0.417. The van der Waals surface area contributed by atoms with Crippen LogP contribution in [0.1, 0.15) is 24.8 Å². The first-order valence-electron chi connectivity index (χ1n) is 5.61. The minimum atomic E-state index is -0.393. The maximum atomic E-state index is 11.0. The zero-order chi connectivity index (χ0) is 11.4. The van der Waals surface area contributed by atoms with Crippen molar-refractivity contribution in [2.24, 2.45) is 5.73 Å². The molecule has 0 spiro atoms. The van der Waals surface area contributed by atoms with E-state index in [1.165, 1.54) is 5.56 Å². The predicted molar refractivity (Wildman–Crippen MR) is 63.4 cm³/mol.